The number of amides is 2. The lowest BCUT2D eigenvalue weighted by Crippen LogP contribution is -2.08. The Morgan fingerprint density at radius 3 is 2.65 bits per heavy atom. The molecule has 1 N–H and O–H groups in total. The summed E-state index contributed by atoms with van der Waals surface area (Å²) in [4.78, 5) is 22.8. The topological polar surface area (TPSA) is 70.9 Å². The molecule has 0 atom stereocenters. The fourth-order valence-corrected chi connectivity index (χ4v) is 2.02. The molecule has 3 rings (SSSR count). The van der Waals surface area contributed by atoms with Crippen LogP contribution in [0.1, 0.15) is 18.4 Å². The first-order valence-corrected chi connectivity index (χ1v) is 5.34. The Hall–Kier alpha value is -2.30. The SMILES string of the molecule is O=C1CCC(=C2C(=O)Nc3ccccc32)N=N1. The smallest absolute Gasteiger partial charge is 0.265 e. The van der Waals surface area contributed by atoms with Crippen LogP contribution in [0.2, 0.25) is 0 Å². The van der Waals surface area contributed by atoms with Crippen LogP contribution in [0.5, 0.6) is 0 Å². The van der Waals surface area contributed by atoms with E-state index in [9.17, 15) is 9.59 Å². The molecule has 2 amide bonds. The first kappa shape index (κ1) is 9.89. The molecule has 5 heteroatoms. The molecule has 1 aromatic rings. The third kappa shape index (κ3) is 1.56. The maximum absolute atomic E-state index is 11.9. The van der Waals surface area contributed by atoms with Crippen molar-refractivity contribution in [2.75, 3.05) is 5.32 Å². The highest BCUT2D eigenvalue weighted by Crippen LogP contribution is 2.36. The maximum atomic E-state index is 11.9. The number of fused-ring (bicyclic) bond motifs is 1. The zero-order chi connectivity index (χ0) is 11.8. The Morgan fingerprint density at radius 2 is 1.88 bits per heavy atom. The second-order valence-corrected chi connectivity index (χ2v) is 3.92. The van der Waals surface area contributed by atoms with Gasteiger partial charge in [-0.2, -0.15) is 5.11 Å². The number of rotatable bonds is 0. The minimum atomic E-state index is -0.235. The Bertz CT molecular complexity index is 587. The van der Waals surface area contributed by atoms with Crippen LogP contribution in [0.3, 0.4) is 0 Å². The van der Waals surface area contributed by atoms with Gasteiger partial charge in [-0.1, -0.05) is 18.2 Å². The molecule has 0 saturated carbocycles. The zero-order valence-electron chi connectivity index (χ0n) is 8.93. The Kier molecular flexibility index (Phi) is 2.11. The predicted octanol–water partition coefficient (Wildman–Crippen LogP) is 2.12. The summed E-state index contributed by atoms with van der Waals surface area (Å²) in [5.41, 5.74) is 2.75. The van der Waals surface area contributed by atoms with Gasteiger partial charge in [0.25, 0.3) is 11.8 Å². The molecule has 0 aliphatic carbocycles. The fourth-order valence-electron chi connectivity index (χ4n) is 2.02. The van der Waals surface area contributed by atoms with Gasteiger partial charge >= 0.3 is 0 Å². The highest BCUT2D eigenvalue weighted by atomic mass is 16.2. The summed E-state index contributed by atoms with van der Waals surface area (Å²) in [6, 6.07) is 7.43. The van der Waals surface area contributed by atoms with E-state index in [1.807, 2.05) is 24.3 Å². The molecule has 2 aliphatic rings. The Labute approximate surface area is 97.2 Å². The summed E-state index contributed by atoms with van der Waals surface area (Å²) in [7, 11) is 0. The van der Waals surface area contributed by atoms with Crippen LogP contribution in [-0.2, 0) is 9.59 Å². The van der Waals surface area contributed by atoms with E-state index in [1.165, 1.54) is 0 Å². The van der Waals surface area contributed by atoms with Gasteiger partial charge in [0.1, 0.15) is 0 Å². The second kappa shape index (κ2) is 3.62. The van der Waals surface area contributed by atoms with Crippen molar-refractivity contribution < 1.29 is 9.59 Å². The normalized spacial score (nSPS) is 22.6. The number of carbonyl (C=O) groups is 2. The van der Waals surface area contributed by atoms with Crippen molar-refractivity contribution in [3.63, 3.8) is 0 Å². The van der Waals surface area contributed by atoms with Crippen molar-refractivity contribution in [3.05, 3.63) is 35.5 Å². The Balaban J connectivity index is 2.15. The summed E-state index contributed by atoms with van der Waals surface area (Å²) in [5, 5.41) is 10.1. The molecule has 2 aliphatic heterocycles. The van der Waals surface area contributed by atoms with E-state index in [0.29, 0.717) is 24.1 Å². The largest absolute Gasteiger partial charge is 0.321 e. The lowest BCUT2D eigenvalue weighted by atomic mass is 10.0. The van der Waals surface area contributed by atoms with Crippen LogP contribution in [-0.4, -0.2) is 11.8 Å². The van der Waals surface area contributed by atoms with Crippen molar-refractivity contribution in [1.29, 1.82) is 0 Å². The average molecular weight is 227 g/mol. The molecule has 0 fully saturated rings. The fraction of sp³-hybridized carbons (Fsp3) is 0.167. The molecule has 1 aromatic carbocycles. The minimum absolute atomic E-state index is 0.172. The molecule has 0 saturated heterocycles. The second-order valence-electron chi connectivity index (χ2n) is 3.92. The van der Waals surface area contributed by atoms with Gasteiger partial charge in [0.05, 0.1) is 11.3 Å². The van der Waals surface area contributed by atoms with Crippen LogP contribution in [0.4, 0.5) is 5.69 Å². The van der Waals surface area contributed by atoms with Gasteiger partial charge < -0.3 is 5.32 Å². The van der Waals surface area contributed by atoms with E-state index in [-0.39, 0.29) is 11.8 Å². The Morgan fingerprint density at radius 1 is 1.06 bits per heavy atom. The molecule has 2 heterocycles. The van der Waals surface area contributed by atoms with E-state index in [2.05, 4.69) is 15.5 Å². The van der Waals surface area contributed by atoms with Gasteiger partial charge in [0.2, 0.25) is 0 Å². The minimum Gasteiger partial charge on any atom is -0.321 e. The van der Waals surface area contributed by atoms with Crippen molar-refractivity contribution in [1.82, 2.24) is 0 Å². The molecule has 84 valence electrons. The standard InChI is InChI=1S/C12H9N3O2/c16-10-6-5-9(14-15-10)11-7-3-1-2-4-8(7)13-12(11)17/h1-4H,5-6H2,(H,13,17). The summed E-state index contributed by atoms with van der Waals surface area (Å²) in [5.74, 6) is -0.407. The molecule has 0 radical (unpaired) electrons. The average Bonchev–Trinajstić information content (AvgIpc) is 2.66. The van der Waals surface area contributed by atoms with Crippen molar-refractivity contribution >= 4 is 23.1 Å². The maximum Gasteiger partial charge on any atom is 0.265 e. The van der Waals surface area contributed by atoms with Crippen LogP contribution >= 0.6 is 0 Å². The summed E-state index contributed by atoms with van der Waals surface area (Å²) in [6.07, 6.45) is 0.789. The molecule has 0 unspecified atom stereocenters. The predicted molar refractivity (Wildman–Crippen MR) is 61.1 cm³/mol. The number of benzene rings is 1. The highest BCUT2D eigenvalue weighted by Gasteiger charge is 2.28. The molecule has 0 spiro atoms. The first-order chi connectivity index (χ1) is 8.25. The van der Waals surface area contributed by atoms with Crippen molar-refractivity contribution in [3.8, 4) is 0 Å². The number of para-hydroxylation sites is 1. The number of hydrogen-bond donors (Lipinski definition) is 1. The molecular weight excluding hydrogens is 218 g/mol. The molecule has 5 nitrogen and oxygen atoms in total. The number of allylic oxidation sites excluding steroid dienone is 1. The number of nitrogens with one attached hydrogen (secondary N) is 1. The van der Waals surface area contributed by atoms with E-state index >= 15 is 0 Å². The number of carbonyl (C=O) groups excluding carboxylic acids is 2. The summed E-state index contributed by atoms with van der Waals surface area (Å²) < 4.78 is 0. The third-order valence-electron chi connectivity index (χ3n) is 2.82. The highest BCUT2D eigenvalue weighted by molar-refractivity contribution is 6.32. The van der Waals surface area contributed by atoms with E-state index in [1.54, 1.807) is 0 Å². The molecular formula is C12H9N3O2. The van der Waals surface area contributed by atoms with Gasteiger partial charge in [0.15, 0.2) is 0 Å². The first-order valence-electron chi connectivity index (χ1n) is 5.34. The van der Waals surface area contributed by atoms with Crippen molar-refractivity contribution in [2.45, 2.75) is 12.8 Å². The molecule has 0 bridgehead atoms. The lowest BCUT2D eigenvalue weighted by molar-refractivity contribution is -0.118. The number of hydrogen-bond acceptors (Lipinski definition) is 3. The van der Waals surface area contributed by atoms with Gasteiger partial charge in [-0.05, 0) is 6.07 Å². The monoisotopic (exact) mass is 227 g/mol. The van der Waals surface area contributed by atoms with Gasteiger partial charge in [-0.3, -0.25) is 9.59 Å². The van der Waals surface area contributed by atoms with Gasteiger partial charge in [0, 0.05) is 24.1 Å². The van der Waals surface area contributed by atoms with Gasteiger partial charge in [-0.15, -0.1) is 5.11 Å². The van der Waals surface area contributed by atoms with Crippen LogP contribution in [0.15, 0.2) is 40.2 Å². The summed E-state index contributed by atoms with van der Waals surface area (Å²) in [6.45, 7) is 0. The molecule has 17 heavy (non-hydrogen) atoms. The quantitative estimate of drug-likeness (QED) is 0.689. The van der Waals surface area contributed by atoms with Crippen LogP contribution < -0.4 is 5.32 Å². The van der Waals surface area contributed by atoms with Crippen molar-refractivity contribution in [2.24, 2.45) is 10.2 Å². The lowest BCUT2D eigenvalue weighted by Gasteiger charge is -2.07. The van der Waals surface area contributed by atoms with Gasteiger partial charge in [-0.25, -0.2) is 0 Å². The molecule has 0 aromatic heterocycles. The number of anilines is 1. The van der Waals surface area contributed by atoms with Crippen LogP contribution in [0.25, 0.3) is 5.57 Å². The number of azo groups is 1. The van der Waals surface area contributed by atoms with E-state index in [0.717, 1.165) is 11.3 Å². The third-order valence-corrected chi connectivity index (χ3v) is 2.82. The zero-order valence-corrected chi connectivity index (χ0v) is 8.93. The number of nitrogens with zero attached hydrogens (tertiary/aromatic N) is 2. The van der Waals surface area contributed by atoms with E-state index in [4.69, 9.17) is 0 Å². The van der Waals surface area contributed by atoms with E-state index < -0.39 is 0 Å². The van der Waals surface area contributed by atoms with Crippen LogP contribution in [0, 0.1) is 0 Å². The summed E-state index contributed by atoms with van der Waals surface area (Å²) >= 11 is 0.